The smallest absolute Gasteiger partial charge is 0.272 e. The van der Waals surface area contributed by atoms with Crippen molar-refractivity contribution in [2.45, 2.75) is 6.92 Å². The Balaban J connectivity index is 1.98. The lowest BCUT2D eigenvalue weighted by Crippen LogP contribution is -2.50. The van der Waals surface area contributed by atoms with Gasteiger partial charge in [0.25, 0.3) is 5.91 Å². The predicted octanol–water partition coefficient (Wildman–Crippen LogP) is 0.231. The van der Waals surface area contributed by atoms with E-state index in [0.29, 0.717) is 31.9 Å². The normalized spacial score (nSPS) is 16.8. The third-order valence-electron chi connectivity index (χ3n) is 3.36. The molecule has 1 aromatic heterocycles. The summed E-state index contributed by atoms with van der Waals surface area (Å²) in [5.41, 5.74) is 1.25. The fourth-order valence-corrected chi connectivity index (χ4v) is 3.04. The van der Waals surface area contributed by atoms with Gasteiger partial charge in [-0.15, -0.1) is 0 Å². The first-order valence-electron chi connectivity index (χ1n) is 6.86. The van der Waals surface area contributed by atoms with Gasteiger partial charge in [-0.3, -0.25) is 4.79 Å². The van der Waals surface area contributed by atoms with Crippen molar-refractivity contribution < 1.29 is 13.2 Å². The molecule has 0 aromatic carbocycles. The summed E-state index contributed by atoms with van der Waals surface area (Å²) in [7, 11) is -3.18. The third kappa shape index (κ3) is 3.92. The molecule has 2 rings (SSSR count). The molecule has 21 heavy (non-hydrogen) atoms. The lowest BCUT2D eigenvalue weighted by molar-refractivity contribution is 0.0692. The highest BCUT2D eigenvalue weighted by molar-refractivity contribution is 7.88. The van der Waals surface area contributed by atoms with Crippen molar-refractivity contribution in [2.24, 2.45) is 0 Å². The predicted molar refractivity (Wildman–Crippen MR) is 80.7 cm³/mol. The number of carbonyl (C=O) groups is 1. The highest BCUT2D eigenvalue weighted by Crippen LogP contribution is 2.11. The highest BCUT2D eigenvalue weighted by Gasteiger charge is 2.26. The summed E-state index contributed by atoms with van der Waals surface area (Å²) in [6, 6.07) is 3.50. The van der Waals surface area contributed by atoms with E-state index in [0.717, 1.165) is 12.2 Å². The molecule has 1 aliphatic rings. The summed E-state index contributed by atoms with van der Waals surface area (Å²) < 4.78 is 24.3. The maximum absolute atomic E-state index is 12.3. The fraction of sp³-hybridized carbons (Fsp3) is 0.538. The average molecular weight is 312 g/mol. The van der Waals surface area contributed by atoms with Crippen LogP contribution in [0.1, 0.15) is 17.4 Å². The van der Waals surface area contributed by atoms with E-state index in [1.54, 1.807) is 17.2 Å². The van der Waals surface area contributed by atoms with Crippen LogP contribution in [0.25, 0.3) is 0 Å². The lowest BCUT2D eigenvalue weighted by Gasteiger charge is -2.33. The van der Waals surface area contributed by atoms with Crippen molar-refractivity contribution in [3.05, 3.63) is 24.0 Å². The maximum atomic E-state index is 12.3. The van der Waals surface area contributed by atoms with E-state index in [1.807, 2.05) is 13.0 Å². The first-order chi connectivity index (χ1) is 9.91. The van der Waals surface area contributed by atoms with Gasteiger partial charge >= 0.3 is 0 Å². The van der Waals surface area contributed by atoms with Crippen LogP contribution in [0.2, 0.25) is 0 Å². The number of sulfonamides is 1. The molecule has 1 aliphatic heterocycles. The Kier molecular flexibility index (Phi) is 4.79. The monoisotopic (exact) mass is 312 g/mol. The van der Waals surface area contributed by atoms with Crippen LogP contribution >= 0.6 is 0 Å². The molecule has 8 heteroatoms. The van der Waals surface area contributed by atoms with Gasteiger partial charge in [-0.1, -0.05) is 0 Å². The number of nitrogens with one attached hydrogen (secondary N) is 1. The largest absolute Gasteiger partial charge is 0.384 e. The van der Waals surface area contributed by atoms with Crippen LogP contribution in [-0.2, 0) is 10.0 Å². The van der Waals surface area contributed by atoms with Crippen LogP contribution in [-0.4, -0.2) is 67.5 Å². The summed E-state index contributed by atoms with van der Waals surface area (Å²) in [6.45, 7) is 4.23. The topological polar surface area (TPSA) is 82.6 Å². The van der Waals surface area contributed by atoms with Gasteiger partial charge in [0.15, 0.2) is 0 Å². The molecule has 0 atom stereocenters. The Hall–Kier alpha value is -1.67. The van der Waals surface area contributed by atoms with Gasteiger partial charge in [-0.25, -0.2) is 13.4 Å². The minimum Gasteiger partial charge on any atom is -0.384 e. The van der Waals surface area contributed by atoms with Crippen LogP contribution in [0.15, 0.2) is 18.3 Å². The third-order valence-corrected chi connectivity index (χ3v) is 4.66. The number of carbonyl (C=O) groups excluding carboxylic acids is 1. The zero-order valence-electron chi connectivity index (χ0n) is 12.2. The summed E-state index contributed by atoms with van der Waals surface area (Å²) in [5, 5.41) is 3.11. The molecule has 0 aliphatic carbocycles. The Morgan fingerprint density at radius 1 is 1.29 bits per heavy atom. The molecular weight excluding hydrogens is 292 g/mol. The first-order valence-corrected chi connectivity index (χ1v) is 8.71. The van der Waals surface area contributed by atoms with E-state index in [2.05, 4.69) is 10.3 Å². The van der Waals surface area contributed by atoms with Crippen molar-refractivity contribution in [1.29, 1.82) is 0 Å². The molecule has 1 amide bonds. The molecule has 0 spiro atoms. The minimum atomic E-state index is -3.18. The molecule has 116 valence electrons. The van der Waals surface area contributed by atoms with Crippen LogP contribution in [0.4, 0.5) is 5.69 Å². The molecular formula is C13H20N4O3S. The quantitative estimate of drug-likeness (QED) is 0.860. The minimum absolute atomic E-state index is 0.161. The van der Waals surface area contributed by atoms with E-state index in [1.165, 1.54) is 10.6 Å². The molecule has 0 bridgehead atoms. The summed E-state index contributed by atoms with van der Waals surface area (Å²) in [4.78, 5) is 18.1. The highest BCUT2D eigenvalue weighted by atomic mass is 32.2. The summed E-state index contributed by atoms with van der Waals surface area (Å²) in [6.07, 6.45) is 2.81. The second-order valence-corrected chi connectivity index (χ2v) is 6.90. The van der Waals surface area contributed by atoms with Gasteiger partial charge in [0.05, 0.1) is 18.1 Å². The Bertz CT molecular complexity index is 592. The van der Waals surface area contributed by atoms with Gasteiger partial charge in [0.1, 0.15) is 5.69 Å². The number of nitrogens with zero attached hydrogens (tertiary/aromatic N) is 3. The second-order valence-electron chi connectivity index (χ2n) is 4.92. The molecule has 1 aromatic rings. The molecule has 1 fully saturated rings. The van der Waals surface area contributed by atoms with Crippen molar-refractivity contribution in [3.63, 3.8) is 0 Å². The molecule has 0 saturated carbocycles. The fourth-order valence-electron chi connectivity index (χ4n) is 2.21. The van der Waals surface area contributed by atoms with Gasteiger partial charge in [-0.2, -0.15) is 4.31 Å². The van der Waals surface area contributed by atoms with E-state index in [9.17, 15) is 13.2 Å². The van der Waals surface area contributed by atoms with Crippen molar-refractivity contribution in [3.8, 4) is 0 Å². The van der Waals surface area contributed by atoms with E-state index in [-0.39, 0.29) is 5.91 Å². The molecule has 2 heterocycles. The van der Waals surface area contributed by atoms with Crippen molar-refractivity contribution in [2.75, 3.05) is 44.3 Å². The van der Waals surface area contributed by atoms with E-state index in [4.69, 9.17) is 0 Å². The van der Waals surface area contributed by atoms with Crippen LogP contribution in [0.5, 0.6) is 0 Å². The van der Waals surface area contributed by atoms with Crippen molar-refractivity contribution in [1.82, 2.24) is 14.2 Å². The van der Waals surface area contributed by atoms with Gasteiger partial charge in [0, 0.05) is 32.7 Å². The molecule has 0 unspecified atom stereocenters. The van der Waals surface area contributed by atoms with E-state index < -0.39 is 10.0 Å². The van der Waals surface area contributed by atoms with Crippen LogP contribution in [0.3, 0.4) is 0 Å². The van der Waals surface area contributed by atoms with Crippen LogP contribution in [0, 0.1) is 0 Å². The van der Waals surface area contributed by atoms with Crippen molar-refractivity contribution >= 4 is 21.6 Å². The zero-order chi connectivity index (χ0) is 15.5. The maximum Gasteiger partial charge on any atom is 0.272 e. The number of amides is 1. The molecule has 7 nitrogen and oxygen atoms in total. The number of aromatic nitrogens is 1. The number of pyridine rings is 1. The second kappa shape index (κ2) is 6.40. The first kappa shape index (κ1) is 15.7. The Morgan fingerprint density at radius 2 is 1.95 bits per heavy atom. The van der Waals surface area contributed by atoms with Crippen LogP contribution < -0.4 is 5.32 Å². The Morgan fingerprint density at radius 3 is 2.43 bits per heavy atom. The summed E-state index contributed by atoms with van der Waals surface area (Å²) in [5.74, 6) is -0.161. The average Bonchev–Trinajstić information content (AvgIpc) is 2.47. The number of anilines is 1. The number of hydrogen-bond acceptors (Lipinski definition) is 5. The number of hydrogen-bond donors (Lipinski definition) is 1. The molecule has 0 radical (unpaired) electrons. The number of rotatable bonds is 4. The summed E-state index contributed by atoms with van der Waals surface area (Å²) >= 11 is 0. The van der Waals surface area contributed by atoms with Gasteiger partial charge in [0.2, 0.25) is 10.0 Å². The molecule has 1 saturated heterocycles. The zero-order valence-corrected chi connectivity index (χ0v) is 13.1. The Labute approximate surface area is 125 Å². The molecule has 1 N–H and O–H groups in total. The van der Waals surface area contributed by atoms with Gasteiger partial charge < -0.3 is 10.2 Å². The lowest BCUT2D eigenvalue weighted by atomic mass is 10.2. The SMILES string of the molecule is CCNc1ccc(C(=O)N2CCN(S(C)(=O)=O)CC2)nc1. The standard InChI is InChI=1S/C13H20N4O3S/c1-3-14-11-4-5-12(15-10-11)13(18)16-6-8-17(9-7-16)21(2,19)20/h4-5,10,14H,3,6-9H2,1-2H3. The number of piperazine rings is 1. The van der Waals surface area contributed by atoms with E-state index >= 15 is 0 Å². The van der Waals surface area contributed by atoms with Gasteiger partial charge in [-0.05, 0) is 19.1 Å².